The van der Waals surface area contributed by atoms with Gasteiger partial charge in [0.05, 0.1) is 16.2 Å². The molecular weight excluding hydrogens is 302 g/mol. The average Bonchev–Trinajstić information content (AvgIpc) is 2.47. The van der Waals surface area contributed by atoms with E-state index in [1.807, 2.05) is 42.5 Å². The Kier molecular flexibility index (Phi) is 4.32. The van der Waals surface area contributed by atoms with Crippen molar-refractivity contribution in [3.63, 3.8) is 0 Å². The van der Waals surface area contributed by atoms with Gasteiger partial charge in [0.15, 0.2) is 5.78 Å². The molecule has 1 saturated carbocycles. The van der Waals surface area contributed by atoms with Crippen LogP contribution in [0.25, 0.3) is 0 Å². The molecule has 21 heavy (non-hydrogen) atoms. The molecule has 1 heterocycles. The van der Waals surface area contributed by atoms with Crippen LogP contribution in [0.4, 0.5) is 0 Å². The summed E-state index contributed by atoms with van der Waals surface area (Å²) in [5.41, 5.74) is 0.802. The Balaban J connectivity index is 1.73. The zero-order valence-electron chi connectivity index (χ0n) is 11.6. The van der Waals surface area contributed by atoms with Gasteiger partial charge in [-0.05, 0) is 42.7 Å². The van der Waals surface area contributed by atoms with E-state index >= 15 is 0 Å². The summed E-state index contributed by atoms with van der Waals surface area (Å²) in [5, 5.41) is 1.61. The lowest BCUT2D eigenvalue weighted by molar-refractivity contribution is -0.125. The van der Waals surface area contributed by atoms with Crippen molar-refractivity contribution in [1.29, 1.82) is 0 Å². The lowest BCUT2D eigenvalue weighted by atomic mass is 9.62. The van der Waals surface area contributed by atoms with E-state index in [1.54, 1.807) is 6.20 Å². The molecule has 0 bridgehead atoms. The van der Waals surface area contributed by atoms with Crippen LogP contribution in [0.15, 0.2) is 53.7 Å². The van der Waals surface area contributed by atoms with Crippen molar-refractivity contribution in [3.05, 3.63) is 59.2 Å². The van der Waals surface area contributed by atoms with E-state index in [2.05, 4.69) is 4.98 Å². The van der Waals surface area contributed by atoms with Crippen LogP contribution in [0.2, 0.25) is 5.02 Å². The maximum Gasteiger partial charge on any atom is 0.153 e. The number of pyridine rings is 1. The smallest absolute Gasteiger partial charge is 0.153 e. The Morgan fingerprint density at radius 2 is 1.95 bits per heavy atom. The van der Waals surface area contributed by atoms with Crippen LogP contribution >= 0.6 is 23.4 Å². The Morgan fingerprint density at radius 3 is 2.52 bits per heavy atom. The third-order valence-electron chi connectivity index (χ3n) is 4.13. The molecule has 1 aliphatic rings. The number of Topliss-reactive ketones (excluding diaryl/α,β-unsaturated/α-hetero) is 1. The van der Waals surface area contributed by atoms with Crippen LogP contribution in [0.3, 0.4) is 0 Å². The Hall–Kier alpha value is -1.32. The molecule has 1 aromatic carbocycles. The van der Waals surface area contributed by atoms with E-state index in [0.717, 1.165) is 29.9 Å². The molecule has 2 aromatic rings. The van der Waals surface area contributed by atoms with Gasteiger partial charge in [-0.15, -0.1) is 0 Å². The third kappa shape index (κ3) is 2.99. The maximum absolute atomic E-state index is 12.7. The molecule has 1 fully saturated rings. The summed E-state index contributed by atoms with van der Waals surface area (Å²) in [6, 6.07) is 13.5. The number of hydrogen-bond acceptors (Lipinski definition) is 3. The first kappa shape index (κ1) is 14.6. The van der Waals surface area contributed by atoms with E-state index < -0.39 is 0 Å². The number of carbonyl (C=O) groups excluding carboxylic acids is 1. The van der Waals surface area contributed by atoms with Gasteiger partial charge in [-0.2, -0.15) is 0 Å². The predicted molar refractivity (Wildman–Crippen MR) is 86.9 cm³/mol. The van der Waals surface area contributed by atoms with Crippen molar-refractivity contribution in [2.24, 2.45) is 0 Å². The van der Waals surface area contributed by atoms with E-state index in [1.165, 1.54) is 11.8 Å². The van der Waals surface area contributed by atoms with Crippen molar-refractivity contribution in [3.8, 4) is 0 Å². The Bertz CT molecular complexity index is 623. The molecule has 0 N–H and O–H groups in total. The van der Waals surface area contributed by atoms with Crippen LogP contribution in [0.5, 0.6) is 0 Å². The highest BCUT2D eigenvalue weighted by atomic mass is 35.5. The summed E-state index contributed by atoms with van der Waals surface area (Å²) < 4.78 is 0. The van der Waals surface area contributed by atoms with Gasteiger partial charge in [-0.3, -0.25) is 4.79 Å². The fraction of sp³-hybridized carbons (Fsp3) is 0.294. The van der Waals surface area contributed by atoms with E-state index in [-0.39, 0.29) is 5.41 Å². The minimum Gasteiger partial charge on any atom is -0.298 e. The number of nitrogens with zero attached hydrogens (tertiary/aromatic N) is 1. The van der Waals surface area contributed by atoms with Crippen LogP contribution in [0, 0.1) is 0 Å². The summed E-state index contributed by atoms with van der Waals surface area (Å²) in [6.07, 6.45) is 4.75. The monoisotopic (exact) mass is 317 g/mol. The van der Waals surface area contributed by atoms with Gasteiger partial charge in [0.1, 0.15) is 0 Å². The van der Waals surface area contributed by atoms with E-state index in [4.69, 9.17) is 11.6 Å². The van der Waals surface area contributed by atoms with Crippen LogP contribution in [0.1, 0.15) is 24.8 Å². The lowest BCUT2D eigenvalue weighted by Gasteiger charge is -2.41. The molecule has 0 amide bonds. The number of benzene rings is 1. The number of carbonyl (C=O) groups is 1. The molecule has 0 radical (unpaired) electrons. The predicted octanol–water partition coefficient (Wildman–Crippen LogP) is 4.52. The maximum atomic E-state index is 12.7. The van der Waals surface area contributed by atoms with E-state index in [0.29, 0.717) is 16.6 Å². The first-order valence-electron chi connectivity index (χ1n) is 7.04. The highest BCUT2D eigenvalue weighted by Gasteiger charge is 2.44. The summed E-state index contributed by atoms with van der Waals surface area (Å²) in [5.74, 6) is 0.770. The fourth-order valence-electron chi connectivity index (χ4n) is 2.74. The zero-order valence-corrected chi connectivity index (χ0v) is 13.2. The second-order valence-electron chi connectivity index (χ2n) is 5.32. The molecule has 108 valence electrons. The average molecular weight is 318 g/mol. The second-order valence-corrected chi connectivity index (χ2v) is 6.75. The lowest BCUT2D eigenvalue weighted by Crippen LogP contribution is -2.43. The molecule has 2 nitrogen and oxygen atoms in total. The Labute approximate surface area is 133 Å². The SMILES string of the molecule is O=C(CSc1ccccn1)C1(c2ccc(Cl)cc2)CCC1. The van der Waals surface area contributed by atoms with Crippen molar-refractivity contribution >= 4 is 29.1 Å². The quantitative estimate of drug-likeness (QED) is 0.759. The number of ketones is 1. The highest BCUT2D eigenvalue weighted by Crippen LogP contribution is 2.45. The minimum atomic E-state index is -0.299. The fourth-order valence-corrected chi connectivity index (χ4v) is 3.73. The highest BCUT2D eigenvalue weighted by molar-refractivity contribution is 7.99. The zero-order chi connectivity index (χ0) is 14.7. The van der Waals surface area contributed by atoms with Crippen LogP contribution in [-0.4, -0.2) is 16.5 Å². The summed E-state index contributed by atoms with van der Waals surface area (Å²) in [4.78, 5) is 17.0. The molecule has 1 aliphatic carbocycles. The molecule has 1 aromatic heterocycles. The van der Waals surface area contributed by atoms with Crippen LogP contribution in [-0.2, 0) is 10.2 Å². The summed E-state index contributed by atoms with van der Waals surface area (Å²) in [6.45, 7) is 0. The van der Waals surface area contributed by atoms with Crippen molar-refractivity contribution in [2.75, 3.05) is 5.75 Å². The molecule has 0 unspecified atom stereocenters. The number of halogens is 1. The first-order chi connectivity index (χ1) is 10.2. The van der Waals surface area contributed by atoms with Crippen molar-refractivity contribution in [1.82, 2.24) is 4.98 Å². The first-order valence-corrected chi connectivity index (χ1v) is 8.40. The van der Waals surface area contributed by atoms with Crippen molar-refractivity contribution < 1.29 is 4.79 Å². The van der Waals surface area contributed by atoms with Gasteiger partial charge in [-0.25, -0.2) is 4.98 Å². The van der Waals surface area contributed by atoms with E-state index in [9.17, 15) is 4.79 Å². The van der Waals surface area contributed by atoms with Crippen LogP contribution < -0.4 is 0 Å². The molecule has 0 atom stereocenters. The van der Waals surface area contributed by atoms with Gasteiger partial charge < -0.3 is 0 Å². The normalized spacial score (nSPS) is 16.2. The molecule has 3 rings (SSSR count). The van der Waals surface area contributed by atoms with Gasteiger partial charge in [0.2, 0.25) is 0 Å². The largest absolute Gasteiger partial charge is 0.298 e. The summed E-state index contributed by atoms with van der Waals surface area (Å²) >= 11 is 7.46. The van der Waals surface area contributed by atoms with Gasteiger partial charge in [-0.1, -0.05) is 48.0 Å². The molecule has 0 aliphatic heterocycles. The van der Waals surface area contributed by atoms with Gasteiger partial charge >= 0.3 is 0 Å². The molecule has 4 heteroatoms. The summed E-state index contributed by atoms with van der Waals surface area (Å²) in [7, 11) is 0. The number of rotatable bonds is 5. The standard InChI is InChI=1S/C17H16ClNOS/c18-14-7-5-13(6-8-14)17(9-3-10-17)15(20)12-21-16-4-1-2-11-19-16/h1-2,4-8,11H,3,9-10,12H2. The van der Waals surface area contributed by atoms with Gasteiger partial charge in [0, 0.05) is 11.2 Å². The number of aromatic nitrogens is 1. The van der Waals surface area contributed by atoms with Gasteiger partial charge in [0.25, 0.3) is 0 Å². The number of hydrogen-bond donors (Lipinski definition) is 0. The Morgan fingerprint density at radius 1 is 1.19 bits per heavy atom. The second kappa shape index (κ2) is 6.20. The third-order valence-corrected chi connectivity index (χ3v) is 5.32. The minimum absolute atomic E-state index is 0.298. The molecule has 0 saturated heterocycles. The number of thioether (sulfide) groups is 1. The van der Waals surface area contributed by atoms with Crippen molar-refractivity contribution in [2.45, 2.75) is 29.7 Å². The molecular formula is C17H16ClNOS. The molecule has 0 spiro atoms. The topological polar surface area (TPSA) is 30.0 Å².